The summed E-state index contributed by atoms with van der Waals surface area (Å²) >= 11 is 0. The third-order valence-corrected chi connectivity index (χ3v) is 5.03. The van der Waals surface area contributed by atoms with Gasteiger partial charge in [-0.3, -0.25) is 4.79 Å². The van der Waals surface area contributed by atoms with Crippen LogP contribution >= 0.6 is 0 Å². The second kappa shape index (κ2) is 8.84. The van der Waals surface area contributed by atoms with Crippen LogP contribution in [-0.4, -0.2) is 30.0 Å². The Hall–Kier alpha value is -2.36. The van der Waals surface area contributed by atoms with E-state index in [-0.39, 0.29) is 11.7 Å². The summed E-state index contributed by atoms with van der Waals surface area (Å²) in [6.45, 7) is 3.49. The lowest BCUT2D eigenvalue weighted by molar-refractivity contribution is -0.140. The molecule has 0 aliphatic carbocycles. The molecule has 1 saturated heterocycles. The van der Waals surface area contributed by atoms with Crippen LogP contribution in [0.3, 0.4) is 0 Å². The summed E-state index contributed by atoms with van der Waals surface area (Å²) < 4.78 is 18.8. The quantitative estimate of drug-likeness (QED) is 0.765. The summed E-state index contributed by atoms with van der Waals surface area (Å²) in [5.74, 6) is 0.886. The van der Waals surface area contributed by atoms with Crippen molar-refractivity contribution in [1.29, 1.82) is 0 Å². The van der Waals surface area contributed by atoms with Gasteiger partial charge in [0.05, 0.1) is 0 Å². The summed E-state index contributed by atoms with van der Waals surface area (Å²) in [5, 5.41) is 0. The van der Waals surface area contributed by atoms with Crippen molar-refractivity contribution in [2.24, 2.45) is 5.92 Å². The summed E-state index contributed by atoms with van der Waals surface area (Å²) in [6, 6.07) is 16.4. The molecule has 2 aromatic rings. The summed E-state index contributed by atoms with van der Waals surface area (Å²) in [5.41, 5.74) is 1.36. The molecule has 0 aromatic heterocycles. The van der Waals surface area contributed by atoms with E-state index in [9.17, 15) is 9.18 Å². The second-order valence-corrected chi connectivity index (χ2v) is 6.93. The molecule has 1 fully saturated rings. The number of likely N-dealkylation sites (tertiary alicyclic amines) is 1. The molecule has 3 rings (SSSR count). The summed E-state index contributed by atoms with van der Waals surface area (Å²) in [4.78, 5) is 14.7. The molecule has 0 saturated carbocycles. The third-order valence-electron chi connectivity index (χ3n) is 5.03. The number of hydrogen-bond donors (Lipinski definition) is 0. The van der Waals surface area contributed by atoms with Gasteiger partial charge in [-0.15, -0.1) is 0 Å². The Morgan fingerprint density at radius 2 is 1.77 bits per heavy atom. The minimum Gasteiger partial charge on any atom is -0.481 e. The van der Waals surface area contributed by atoms with Crippen LogP contribution in [0.15, 0.2) is 54.6 Å². The number of benzene rings is 2. The molecule has 0 N–H and O–H groups in total. The van der Waals surface area contributed by atoms with E-state index in [1.807, 2.05) is 17.9 Å². The van der Waals surface area contributed by atoms with Gasteiger partial charge >= 0.3 is 0 Å². The highest BCUT2D eigenvalue weighted by molar-refractivity contribution is 5.81. The number of hydrogen-bond acceptors (Lipinski definition) is 2. The average Bonchev–Trinajstić information content (AvgIpc) is 2.68. The number of piperidine rings is 1. The normalized spacial score (nSPS) is 16.3. The maximum Gasteiger partial charge on any atom is 0.263 e. The fraction of sp³-hybridized carbons (Fsp3) is 0.409. The largest absolute Gasteiger partial charge is 0.481 e. The lowest BCUT2D eigenvalue weighted by Gasteiger charge is -2.34. The fourth-order valence-electron chi connectivity index (χ4n) is 3.49. The van der Waals surface area contributed by atoms with Gasteiger partial charge in [-0.2, -0.15) is 0 Å². The maximum absolute atomic E-state index is 13.0. The van der Waals surface area contributed by atoms with Gasteiger partial charge in [-0.25, -0.2) is 4.39 Å². The highest BCUT2D eigenvalue weighted by atomic mass is 19.1. The van der Waals surface area contributed by atoms with Crippen molar-refractivity contribution < 1.29 is 13.9 Å². The molecule has 0 bridgehead atoms. The highest BCUT2D eigenvalue weighted by Gasteiger charge is 2.28. The molecule has 1 aliphatic heterocycles. The Labute approximate surface area is 154 Å². The number of halogens is 1. The number of rotatable bonds is 6. The molecule has 0 spiro atoms. The van der Waals surface area contributed by atoms with Gasteiger partial charge in [0.2, 0.25) is 0 Å². The van der Waals surface area contributed by atoms with E-state index >= 15 is 0 Å². The van der Waals surface area contributed by atoms with Crippen LogP contribution in [0.25, 0.3) is 0 Å². The molecule has 26 heavy (non-hydrogen) atoms. The van der Waals surface area contributed by atoms with Gasteiger partial charge in [-0.1, -0.05) is 37.3 Å². The van der Waals surface area contributed by atoms with Crippen LogP contribution in [0.5, 0.6) is 5.75 Å². The van der Waals surface area contributed by atoms with E-state index in [0.717, 1.165) is 32.4 Å². The zero-order valence-corrected chi connectivity index (χ0v) is 15.2. The van der Waals surface area contributed by atoms with E-state index in [2.05, 4.69) is 24.3 Å². The SMILES string of the molecule is CC[C@H](Oc1ccc(F)cc1)C(=O)N1CCC(Cc2ccccc2)CC1. The van der Waals surface area contributed by atoms with Gasteiger partial charge in [-0.05, 0) is 61.4 Å². The molecule has 3 nitrogen and oxygen atoms in total. The lowest BCUT2D eigenvalue weighted by Crippen LogP contribution is -2.45. The third kappa shape index (κ3) is 4.84. The van der Waals surface area contributed by atoms with Gasteiger partial charge in [0.1, 0.15) is 11.6 Å². The van der Waals surface area contributed by atoms with Crippen LogP contribution < -0.4 is 4.74 Å². The van der Waals surface area contributed by atoms with Crippen molar-refractivity contribution in [1.82, 2.24) is 4.90 Å². The van der Waals surface area contributed by atoms with E-state index in [0.29, 0.717) is 18.1 Å². The minimum absolute atomic E-state index is 0.0370. The number of amides is 1. The van der Waals surface area contributed by atoms with E-state index in [1.54, 1.807) is 12.1 Å². The lowest BCUT2D eigenvalue weighted by atomic mass is 9.90. The van der Waals surface area contributed by atoms with Crippen LogP contribution in [0.4, 0.5) is 4.39 Å². The summed E-state index contributed by atoms with van der Waals surface area (Å²) in [6.07, 6.45) is 3.21. The van der Waals surface area contributed by atoms with Crippen molar-refractivity contribution >= 4 is 5.91 Å². The molecule has 2 aromatic carbocycles. The Kier molecular flexibility index (Phi) is 6.26. The Balaban J connectivity index is 1.52. The number of nitrogens with zero attached hydrogens (tertiary/aromatic N) is 1. The van der Waals surface area contributed by atoms with Crippen molar-refractivity contribution in [3.63, 3.8) is 0 Å². The van der Waals surface area contributed by atoms with Crippen molar-refractivity contribution in [3.8, 4) is 5.75 Å². The minimum atomic E-state index is -0.508. The van der Waals surface area contributed by atoms with Crippen molar-refractivity contribution in [3.05, 3.63) is 66.0 Å². The predicted molar refractivity (Wildman–Crippen MR) is 101 cm³/mol. The topological polar surface area (TPSA) is 29.5 Å². The molecule has 1 aliphatic rings. The molecule has 0 radical (unpaired) electrons. The van der Waals surface area contributed by atoms with Crippen LogP contribution in [0, 0.1) is 11.7 Å². The Bertz CT molecular complexity index is 694. The second-order valence-electron chi connectivity index (χ2n) is 6.93. The van der Waals surface area contributed by atoms with Crippen LogP contribution in [0.2, 0.25) is 0 Å². The fourth-order valence-corrected chi connectivity index (χ4v) is 3.49. The first-order valence-electron chi connectivity index (χ1n) is 9.40. The van der Waals surface area contributed by atoms with Crippen molar-refractivity contribution in [2.75, 3.05) is 13.1 Å². The highest BCUT2D eigenvalue weighted by Crippen LogP contribution is 2.23. The van der Waals surface area contributed by atoms with Gasteiger partial charge < -0.3 is 9.64 Å². The first kappa shape index (κ1) is 18.4. The molecule has 1 amide bonds. The van der Waals surface area contributed by atoms with E-state index in [4.69, 9.17) is 4.74 Å². The molecule has 1 atom stereocenters. The average molecular weight is 355 g/mol. The van der Waals surface area contributed by atoms with E-state index < -0.39 is 6.10 Å². The smallest absolute Gasteiger partial charge is 0.263 e. The molecular weight excluding hydrogens is 329 g/mol. The Morgan fingerprint density at radius 1 is 1.12 bits per heavy atom. The van der Waals surface area contributed by atoms with Crippen molar-refractivity contribution in [2.45, 2.75) is 38.7 Å². The first-order chi connectivity index (χ1) is 12.7. The zero-order chi connectivity index (χ0) is 18.4. The molecule has 1 heterocycles. The summed E-state index contributed by atoms with van der Waals surface area (Å²) in [7, 11) is 0. The Morgan fingerprint density at radius 3 is 2.38 bits per heavy atom. The number of carbonyl (C=O) groups is 1. The molecule has 0 unspecified atom stereocenters. The monoisotopic (exact) mass is 355 g/mol. The predicted octanol–water partition coefficient (Wildman–Crippen LogP) is 4.46. The first-order valence-corrected chi connectivity index (χ1v) is 9.40. The zero-order valence-electron chi connectivity index (χ0n) is 15.2. The van der Waals surface area contributed by atoms with Gasteiger partial charge in [0.15, 0.2) is 6.10 Å². The number of carbonyl (C=O) groups excluding carboxylic acids is 1. The molecule has 138 valence electrons. The van der Waals surface area contributed by atoms with Crippen LogP contribution in [-0.2, 0) is 11.2 Å². The number of ether oxygens (including phenoxy) is 1. The molecule has 4 heteroatoms. The molecular formula is C22H26FNO2. The van der Waals surface area contributed by atoms with Gasteiger partial charge in [0, 0.05) is 13.1 Å². The van der Waals surface area contributed by atoms with E-state index in [1.165, 1.54) is 17.7 Å². The maximum atomic E-state index is 13.0. The van der Waals surface area contributed by atoms with Gasteiger partial charge in [0.25, 0.3) is 5.91 Å². The standard InChI is InChI=1S/C22H26FNO2/c1-2-21(26-20-10-8-19(23)9-11-20)22(25)24-14-12-18(13-15-24)16-17-6-4-3-5-7-17/h3-11,18,21H,2,12-16H2,1H3/t21-/m0/s1. The van der Waals surface area contributed by atoms with Crippen LogP contribution in [0.1, 0.15) is 31.7 Å².